The minimum atomic E-state index is -4.35. The van der Waals surface area contributed by atoms with Crippen molar-refractivity contribution in [3.8, 4) is 0 Å². The van der Waals surface area contributed by atoms with E-state index in [2.05, 4.69) is 5.32 Å². The van der Waals surface area contributed by atoms with Gasteiger partial charge in [0.05, 0.1) is 17.7 Å². The lowest BCUT2D eigenvalue weighted by Gasteiger charge is -2.37. The number of nitrogens with one attached hydrogen (secondary N) is 1. The maximum absolute atomic E-state index is 13.1. The fourth-order valence-electron chi connectivity index (χ4n) is 4.21. The molecule has 2 aromatic rings. The van der Waals surface area contributed by atoms with E-state index in [4.69, 9.17) is 0 Å². The van der Waals surface area contributed by atoms with Gasteiger partial charge in [-0.3, -0.25) is 0 Å². The molecular weight excluding hydrogens is 315 g/mol. The number of halogens is 3. The first-order chi connectivity index (χ1) is 11.4. The van der Waals surface area contributed by atoms with Gasteiger partial charge in [-0.2, -0.15) is 13.2 Å². The third-order valence-corrected chi connectivity index (χ3v) is 5.26. The summed E-state index contributed by atoms with van der Waals surface area (Å²) in [5.74, 6) is 0.0436. The highest BCUT2D eigenvalue weighted by atomic mass is 19.4. The molecule has 1 fully saturated rings. The fraction of sp³-hybridized carbons (Fsp3) is 0.368. The summed E-state index contributed by atoms with van der Waals surface area (Å²) < 4.78 is 39.2. The van der Waals surface area contributed by atoms with E-state index in [1.807, 2.05) is 30.3 Å². The Morgan fingerprint density at radius 2 is 1.75 bits per heavy atom. The normalized spacial score (nSPS) is 28.8. The average molecular weight is 333 g/mol. The van der Waals surface area contributed by atoms with Crippen molar-refractivity contribution in [1.29, 1.82) is 0 Å². The molecular formula is C19H18F3NO. The number of rotatable bonds is 1. The van der Waals surface area contributed by atoms with Crippen molar-refractivity contribution < 1.29 is 18.3 Å². The maximum Gasteiger partial charge on any atom is 0.416 e. The largest absolute Gasteiger partial charge is 0.416 e. The highest BCUT2D eigenvalue weighted by Crippen LogP contribution is 2.53. The van der Waals surface area contributed by atoms with E-state index in [0.29, 0.717) is 18.4 Å². The summed E-state index contributed by atoms with van der Waals surface area (Å²) in [5, 5.41) is 13.5. The molecule has 0 amide bonds. The molecule has 5 heteroatoms. The van der Waals surface area contributed by atoms with Crippen molar-refractivity contribution in [2.24, 2.45) is 5.92 Å². The second kappa shape index (κ2) is 5.52. The van der Waals surface area contributed by atoms with Gasteiger partial charge in [0.1, 0.15) is 0 Å². The van der Waals surface area contributed by atoms with Gasteiger partial charge in [0.2, 0.25) is 0 Å². The molecule has 0 unspecified atom stereocenters. The van der Waals surface area contributed by atoms with Crippen LogP contribution in [0, 0.1) is 5.92 Å². The zero-order valence-electron chi connectivity index (χ0n) is 12.9. The molecule has 1 aliphatic heterocycles. The van der Waals surface area contributed by atoms with Crippen LogP contribution >= 0.6 is 0 Å². The minimum Gasteiger partial charge on any atom is -0.393 e. The van der Waals surface area contributed by atoms with Crippen LogP contribution in [0.3, 0.4) is 0 Å². The van der Waals surface area contributed by atoms with Crippen molar-refractivity contribution in [2.45, 2.75) is 37.1 Å². The molecule has 24 heavy (non-hydrogen) atoms. The Bertz CT molecular complexity index is 744. The third-order valence-electron chi connectivity index (χ3n) is 5.26. The van der Waals surface area contributed by atoms with E-state index in [9.17, 15) is 18.3 Å². The van der Waals surface area contributed by atoms with Crippen molar-refractivity contribution >= 4 is 5.69 Å². The van der Waals surface area contributed by atoms with E-state index in [-0.39, 0.29) is 17.9 Å². The molecule has 1 heterocycles. The molecule has 0 radical (unpaired) electrons. The summed E-state index contributed by atoms with van der Waals surface area (Å²) >= 11 is 0. The molecule has 2 nitrogen and oxygen atoms in total. The molecule has 1 aliphatic carbocycles. The highest BCUT2D eigenvalue weighted by Gasteiger charge is 2.44. The fourth-order valence-corrected chi connectivity index (χ4v) is 4.21. The molecule has 126 valence electrons. The van der Waals surface area contributed by atoms with Gasteiger partial charge in [-0.05, 0) is 54.0 Å². The third kappa shape index (κ3) is 2.57. The van der Waals surface area contributed by atoms with Gasteiger partial charge in [-0.25, -0.2) is 0 Å². The highest BCUT2D eigenvalue weighted by molar-refractivity contribution is 5.59. The summed E-state index contributed by atoms with van der Waals surface area (Å²) in [7, 11) is 0. The monoisotopic (exact) mass is 333 g/mol. The van der Waals surface area contributed by atoms with Crippen molar-refractivity contribution in [1.82, 2.24) is 0 Å². The van der Waals surface area contributed by atoms with Crippen molar-refractivity contribution in [2.75, 3.05) is 5.32 Å². The van der Waals surface area contributed by atoms with Crippen LogP contribution < -0.4 is 5.32 Å². The van der Waals surface area contributed by atoms with Gasteiger partial charge >= 0.3 is 6.18 Å². The molecule has 4 atom stereocenters. The van der Waals surface area contributed by atoms with Gasteiger partial charge in [-0.15, -0.1) is 0 Å². The number of fused-ring (bicyclic) bond motifs is 3. The summed E-state index contributed by atoms with van der Waals surface area (Å²) in [4.78, 5) is 0. The van der Waals surface area contributed by atoms with Crippen LogP contribution in [0.5, 0.6) is 0 Å². The number of aliphatic hydroxyl groups excluding tert-OH is 1. The van der Waals surface area contributed by atoms with Crippen LogP contribution in [0.25, 0.3) is 0 Å². The molecule has 0 spiro atoms. The minimum absolute atomic E-state index is 0.0117. The second-order valence-electron chi connectivity index (χ2n) is 6.73. The van der Waals surface area contributed by atoms with Crippen LogP contribution in [0.15, 0.2) is 48.5 Å². The molecule has 0 saturated heterocycles. The number of hydrogen-bond donors (Lipinski definition) is 2. The lowest BCUT2D eigenvalue weighted by atomic mass is 9.77. The van der Waals surface area contributed by atoms with Crippen LogP contribution in [0.4, 0.5) is 18.9 Å². The SMILES string of the molecule is O[C@H]1C[C@@H]2[C@H](C1)c1cc(C(F)(F)F)ccc1N[C@H]2c1ccccc1. The van der Waals surface area contributed by atoms with Gasteiger partial charge in [-0.1, -0.05) is 30.3 Å². The van der Waals surface area contributed by atoms with E-state index in [1.54, 1.807) is 0 Å². The van der Waals surface area contributed by atoms with Crippen LogP contribution in [0.2, 0.25) is 0 Å². The Morgan fingerprint density at radius 1 is 1.00 bits per heavy atom. The Balaban J connectivity index is 1.78. The van der Waals surface area contributed by atoms with E-state index in [0.717, 1.165) is 17.3 Å². The number of aliphatic hydroxyl groups is 1. The van der Waals surface area contributed by atoms with E-state index < -0.39 is 17.8 Å². The summed E-state index contributed by atoms with van der Waals surface area (Å²) in [6.45, 7) is 0. The van der Waals surface area contributed by atoms with Gasteiger partial charge in [0.15, 0.2) is 0 Å². The Labute approximate surface area is 138 Å². The topological polar surface area (TPSA) is 32.3 Å². The van der Waals surface area contributed by atoms with Gasteiger partial charge in [0, 0.05) is 5.69 Å². The summed E-state index contributed by atoms with van der Waals surface area (Å²) in [6, 6.07) is 13.8. The first-order valence-electron chi connectivity index (χ1n) is 8.14. The van der Waals surface area contributed by atoms with Gasteiger partial charge < -0.3 is 10.4 Å². The average Bonchev–Trinajstić information content (AvgIpc) is 2.95. The molecule has 1 saturated carbocycles. The smallest absolute Gasteiger partial charge is 0.393 e. The Kier molecular flexibility index (Phi) is 3.57. The van der Waals surface area contributed by atoms with E-state index in [1.165, 1.54) is 12.1 Å². The Morgan fingerprint density at radius 3 is 2.46 bits per heavy atom. The number of anilines is 1. The second-order valence-corrected chi connectivity index (χ2v) is 6.73. The molecule has 2 aliphatic rings. The number of benzene rings is 2. The summed E-state index contributed by atoms with van der Waals surface area (Å²) in [6.07, 6.45) is -3.69. The quantitative estimate of drug-likeness (QED) is 0.791. The van der Waals surface area contributed by atoms with Crippen LogP contribution in [0.1, 0.15) is 41.5 Å². The van der Waals surface area contributed by atoms with Crippen LogP contribution in [-0.2, 0) is 6.18 Å². The molecule has 2 N–H and O–H groups in total. The number of alkyl halides is 3. The van der Waals surface area contributed by atoms with Crippen LogP contribution in [-0.4, -0.2) is 11.2 Å². The molecule has 4 rings (SSSR count). The standard InChI is InChI=1S/C19H18F3NO/c20-19(21,22)12-6-7-17-15(8-12)14-9-13(24)10-16(14)18(23-17)11-4-2-1-3-5-11/h1-8,13-14,16,18,23-24H,9-10H2/t13-,14-,16-,18+/m1/s1. The predicted octanol–water partition coefficient (Wildman–Crippen LogP) is 4.73. The van der Waals surface area contributed by atoms with Gasteiger partial charge in [0.25, 0.3) is 0 Å². The predicted molar refractivity (Wildman–Crippen MR) is 85.7 cm³/mol. The lowest BCUT2D eigenvalue weighted by Crippen LogP contribution is -2.29. The first-order valence-corrected chi connectivity index (χ1v) is 8.14. The van der Waals surface area contributed by atoms with Crippen molar-refractivity contribution in [3.05, 3.63) is 65.2 Å². The zero-order chi connectivity index (χ0) is 16.9. The summed E-state index contributed by atoms with van der Waals surface area (Å²) in [5.41, 5.74) is 1.90. The molecule has 0 aromatic heterocycles. The van der Waals surface area contributed by atoms with Crippen molar-refractivity contribution in [3.63, 3.8) is 0 Å². The van der Waals surface area contributed by atoms with E-state index >= 15 is 0 Å². The maximum atomic E-state index is 13.1. The lowest BCUT2D eigenvalue weighted by molar-refractivity contribution is -0.137. The molecule has 0 bridgehead atoms. The number of hydrogen-bond acceptors (Lipinski definition) is 2. The first kappa shape index (κ1) is 15.5. The Hall–Kier alpha value is -2.01. The molecule has 2 aromatic carbocycles. The zero-order valence-corrected chi connectivity index (χ0v) is 12.9.